The summed E-state index contributed by atoms with van der Waals surface area (Å²) >= 11 is 1.15. The molecule has 9 heteroatoms. The van der Waals surface area contributed by atoms with Gasteiger partial charge in [0.05, 0.1) is 12.0 Å². The standard InChI is InChI=1S/C17H22N2O4S3/c1-25(20,21)19-11-14(13-5-3-2-4-6-13)9-15(19)12-26(22,23)17-8-7-16(10-18)24-17/h2-8,14-15H,9-12,18H2,1H3/t14-,15-/m0/s1. The highest BCUT2D eigenvalue weighted by molar-refractivity contribution is 7.93. The number of nitrogens with zero attached hydrogens (tertiary/aromatic N) is 1. The molecule has 2 aromatic rings. The van der Waals surface area contributed by atoms with Crippen molar-refractivity contribution in [3.8, 4) is 0 Å². The Labute approximate surface area is 158 Å². The number of sulfone groups is 1. The molecule has 0 saturated carbocycles. The van der Waals surface area contributed by atoms with Gasteiger partial charge in [-0.2, -0.15) is 4.31 Å². The topological polar surface area (TPSA) is 97.5 Å². The summed E-state index contributed by atoms with van der Waals surface area (Å²) in [6, 6.07) is 12.3. The van der Waals surface area contributed by atoms with E-state index in [1.165, 1.54) is 4.31 Å². The smallest absolute Gasteiger partial charge is 0.211 e. The molecule has 1 aromatic carbocycles. The number of sulfonamides is 1. The van der Waals surface area contributed by atoms with E-state index in [0.29, 0.717) is 13.0 Å². The van der Waals surface area contributed by atoms with Crippen LogP contribution in [0.1, 0.15) is 22.8 Å². The molecule has 0 bridgehead atoms. The number of thiophene rings is 1. The van der Waals surface area contributed by atoms with Gasteiger partial charge >= 0.3 is 0 Å². The van der Waals surface area contributed by atoms with Crippen molar-refractivity contribution in [2.24, 2.45) is 5.73 Å². The first-order valence-corrected chi connectivity index (χ1v) is 12.6. The zero-order valence-electron chi connectivity index (χ0n) is 14.4. The minimum atomic E-state index is -3.57. The highest BCUT2D eigenvalue weighted by atomic mass is 32.2. The quantitative estimate of drug-likeness (QED) is 0.777. The third-order valence-electron chi connectivity index (χ3n) is 4.62. The van der Waals surface area contributed by atoms with Gasteiger partial charge in [-0.1, -0.05) is 30.3 Å². The lowest BCUT2D eigenvalue weighted by Crippen LogP contribution is -2.38. The fraction of sp³-hybridized carbons (Fsp3) is 0.412. The van der Waals surface area contributed by atoms with Gasteiger partial charge < -0.3 is 5.73 Å². The SMILES string of the molecule is CS(=O)(=O)N1C[C@@H](c2ccccc2)C[C@H]1CS(=O)(=O)c1ccc(CN)s1. The number of hydrogen-bond acceptors (Lipinski definition) is 6. The number of benzene rings is 1. The maximum atomic E-state index is 12.8. The molecule has 6 nitrogen and oxygen atoms in total. The highest BCUT2D eigenvalue weighted by Crippen LogP contribution is 2.35. The number of rotatable bonds is 6. The van der Waals surface area contributed by atoms with Crippen molar-refractivity contribution in [1.82, 2.24) is 4.31 Å². The molecule has 1 saturated heterocycles. The van der Waals surface area contributed by atoms with Crippen LogP contribution in [0.2, 0.25) is 0 Å². The molecule has 3 rings (SSSR count). The van der Waals surface area contributed by atoms with E-state index in [0.717, 1.165) is 28.0 Å². The van der Waals surface area contributed by atoms with Gasteiger partial charge in [-0.05, 0) is 30.0 Å². The van der Waals surface area contributed by atoms with Gasteiger partial charge in [0, 0.05) is 24.0 Å². The molecule has 1 aliphatic heterocycles. The number of nitrogens with two attached hydrogens (primary N) is 1. The minimum absolute atomic E-state index is 0.00550. The Kier molecular flexibility index (Phi) is 5.55. The lowest BCUT2D eigenvalue weighted by Gasteiger charge is -2.21. The first-order chi connectivity index (χ1) is 12.2. The predicted molar refractivity (Wildman–Crippen MR) is 103 cm³/mol. The fourth-order valence-electron chi connectivity index (χ4n) is 3.38. The maximum Gasteiger partial charge on any atom is 0.211 e. The Morgan fingerprint density at radius 1 is 1.12 bits per heavy atom. The van der Waals surface area contributed by atoms with E-state index in [-0.39, 0.29) is 22.4 Å². The van der Waals surface area contributed by atoms with Crippen LogP contribution in [0.3, 0.4) is 0 Å². The summed E-state index contributed by atoms with van der Waals surface area (Å²) in [5.74, 6) is -0.220. The normalized spacial score (nSPS) is 21.9. The van der Waals surface area contributed by atoms with Crippen LogP contribution in [-0.2, 0) is 26.4 Å². The van der Waals surface area contributed by atoms with Crippen molar-refractivity contribution in [2.75, 3.05) is 18.6 Å². The Bertz CT molecular complexity index is 968. The van der Waals surface area contributed by atoms with Gasteiger partial charge in [0.25, 0.3) is 0 Å². The van der Waals surface area contributed by atoms with Crippen molar-refractivity contribution in [1.29, 1.82) is 0 Å². The maximum absolute atomic E-state index is 12.8. The van der Waals surface area contributed by atoms with Crippen molar-refractivity contribution >= 4 is 31.2 Å². The second-order valence-electron chi connectivity index (χ2n) is 6.54. The predicted octanol–water partition coefficient (Wildman–Crippen LogP) is 1.80. The molecule has 0 amide bonds. The van der Waals surface area contributed by atoms with E-state index in [9.17, 15) is 16.8 Å². The van der Waals surface area contributed by atoms with Crippen molar-refractivity contribution in [3.63, 3.8) is 0 Å². The van der Waals surface area contributed by atoms with E-state index in [4.69, 9.17) is 5.73 Å². The van der Waals surface area contributed by atoms with Crippen LogP contribution in [0.15, 0.2) is 46.7 Å². The Morgan fingerprint density at radius 2 is 1.81 bits per heavy atom. The van der Waals surface area contributed by atoms with Crippen LogP contribution in [-0.4, -0.2) is 45.7 Å². The van der Waals surface area contributed by atoms with Gasteiger partial charge in [0.1, 0.15) is 4.21 Å². The summed E-state index contributed by atoms with van der Waals surface area (Å²) in [4.78, 5) is 0.789. The van der Waals surface area contributed by atoms with Gasteiger partial charge in [-0.3, -0.25) is 0 Å². The van der Waals surface area contributed by atoms with Crippen LogP contribution in [0.5, 0.6) is 0 Å². The molecule has 2 N–H and O–H groups in total. The minimum Gasteiger partial charge on any atom is -0.326 e. The van der Waals surface area contributed by atoms with Crippen LogP contribution in [0.25, 0.3) is 0 Å². The molecule has 2 atom stereocenters. The summed E-state index contributed by atoms with van der Waals surface area (Å²) in [6.45, 7) is 0.594. The zero-order chi connectivity index (χ0) is 18.9. The summed E-state index contributed by atoms with van der Waals surface area (Å²) < 4.78 is 51.6. The molecular weight excluding hydrogens is 392 g/mol. The fourth-order valence-corrected chi connectivity index (χ4v) is 7.54. The molecule has 0 radical (unpaired) electrons. The molecule has 142 valence electrons. The summed E-state index contributed by atoms with van der Waals surface area (Å²) in [7, 11) is -7.07. The number of hydrogen-bond donors (Lipinski definition) is 1. The molecule has 0 spiro atoms. The van der Waals surface area contributed by atoms with Crippen molar-refractivity contribution in [2.45, 2.75) is 29.1 Å². The summed E-state index contributed by atoms with van der Waals surface area (Å²) in [6.07, 6.45) is 1.63. The third kappa shape index (κ3) is 4.17. The molecule has 2 heterocycles. The van der Waals surface area contributed by atoms with Gasteiger partial charge in [-0.15, -0.1) is 11.3 Å². The van der Waals surface area contributed by atoms with Crippen molar-refractivity contribution < 1.29 is 16.8 Å². The monoisotopic (exact) mass is 414 g/mol. The average Bonchev–Trinajstić information content (AvgIpc) is 3.22. The largest absolute Gasteiger partial charge is 0.326 e. The molecule has 1 aromatic heterocycles. The molecule has 1 aliphatic rings. The Balaban J connectivity index is 1.86. The molecule has 1 fully saturated rings. The molecular formula is C17H22N2O4S3. The Hall–Kier alpha value is -1.26. The van der Waals surface area contributed by atoms with E-state index in [1.807, 2.05) is 30.3 Å². The van der Waals surface area contributed by atoms with Crippen LogP contribution >= 0.6 is 11.3 Å². The second-order valence-corrected chi connectivity index (χ2v) is 11.9. The zero-order valence-corrected chi connectivity index (χ0v) is 16.9. The van der Waals surface area contributed by atoms with Gasteiger partial charge in [-0.25, -0.2) is 16.8 Å². The van der Waals surface area contributed by atoms with E-state index in [1.54, 1.807) is 12.1 Å². The lowest BCUT2D eigenvalue weighted by atomic mass is 9.97. The van der Waals surface area contributed by atoms with Crippen molar-refractivity contribution in [3.05, 3.63) is 52.9 Å². The van der Waals surface area contributed by atoms with E-state index >= 15 is 0 Å². The summed E-state index contributed by atoms with van der Waals surface area (Å²) in [5.41, 5.74) is 6.59. The van der Waals surface area contributed by atoms with E-state index < -0.39 is 25.9 Å². The Morgan fingerprint density at radius 3 is 2.38 bits per heavy atom. The second kappa shape index (κ2) is 7.40. The van der Waals surface area contributed by atoms with Crippen LogP contribution < -0.4 is 5.73 Å². The first kappa shape index (κ1) is 19.5. The molecule has 26 heavy (non-hydrogen) atoms. The lowest BCUT2D eigenvalue weighted by molar-refractivity contribution is 0.411. The molecule has 0 unspecified atom stereocenters. The highest BCUT2D eigenvalue weighted by Gasteiger charge is 2.40. The van der Waals surface area contributed by atoms with Gasteiger partial charge in [0.2, 0.25) is 10.0 Å². The summed E-state index contributed by atoms with van der Waals surface area (Å²) in [5, 5.41) is 0. The average molecular weight is 415 g/mol. The van der Waals surface area contributed by atoms with Crippen LogP contribution in [0.4, 0.5) is 0 Å². The van der Waals surface area contributed by atoms with E-state index in [2.05, 4.69) is 0 Å². The molecule has 0 aliphatic carbocycles. The third-order valence-corrected chi connectivity index (χ3v) is 9.40. The van der Waals surface area contributed by atoms with Gasteiger partial charge in [0.15, 0.2) is 9.84 Å². The first-order valence-electron chi connectivity index (χ1n) is 8.24. The van der Waals surface area contributed by atoms with Crippen LogP contribution in [0, 0.1) is 0 Å².